The van der Waals surface area contributed by atoms with Gasteiger partial charge < -0.3 is 10.0 Å². The van der Waals surface area contributed by atoms with Crippen LogP contribution in [0.5, 0.6) is 0 Å². The van der Waals surface area contributed by atoms with Gasteiger partial charge in [-0.25, -0.2) is 0 Å². The van der Waals surface area contributed by atoms with Crippen molar-refractivity contribution in [3.63, 3.8) is 0 Å². The summed E-state index contributed by atoms with van der Waals surface area (Å²) in [6, 6.07) is 3.65. The largest absolute Gasteiger partial charge is 0.481 e. The SMILES string of the molecule is Cc1ccc(C(=O)N(C)CC(C)C(=O)O)s1. The average Bonchev–Trinajstić information content (AvgIpc) is 2.63. The maximum Gasteiger partial charge on any atom is 0.308 e. The van der Waals surface area contributed by atoms with Crippen LogP contribution in [-0.4, -0.2) is 35.5 Å². The summed E-state index contributed by atoms with van der Waals surface area (Å²) in [5, 5.41) is 8.75. The fourth-order valence-electron chi connectivity index (χ4n) is 1.31. The summed E-state index contributed by atoms with van der Waals surface area (Å²) in [6.07, 6.45) is 0. The van der Waals surface area contributed by atoms with Gasteiger partial charge >= 0.3 is 5.97 Å². The summed E-state index contributed by atoms with van der Waals surface area (Å²) >= 11 is 1.42. The minimum atomic E-state index is -0.887. The van der Waals surface area contributed by atoms with Gasteiger partial charge in [-0.1, -0.05) is 6.92 Å². The molecule has 0 aliphatic carbocycles. The Bertz CT molecular complexity index is 400. The zero-order chi connectivity index (χ0) is 12.3. The molecule has 1 aromatic heterocycles. The molecular formula is C11H15NO3S. The predicted octanol–water partition coefficient (Wildman–Crippen LogP) is 1.85. The van der Waals surface area contributed by atoms with E-state index in [1.165, 1.54) is 16.2 Å². The van der Waals surface area contributed by atoms with E-state index in [0.717, 1.165) is 4.88 Å². The lowest BCUT2D eigenvalue weighted by atomic mass is 10.2. The zero-order valence-corrected chi connectivity index (χ0v) is 10.4. The molecule has 1 unspecified atom stereocenters. The van der Waals surface area contributed by atoms with Gasteiger partial charge in [0.15, 0.2) is 0 Å². The summed E-state index contributed by atoms with van der Waals surface area (Å²) in [6.45, 7) is 3.75. The van der Waals surface area contributed by atoms with Crippen molar-refractivity contribution in [2.45, 2.75) is 13.8 Å². The number of carbonyl (C=O) groups excluding carboxylic acids is 1. The van der Waals surface area contributed by atoms with Gasteiger partial charge in [0.25, 0.3) is 5.91 Å². The lowest BCUT2D eigenvalue weighted by molar-refractivity contribution is -0.141. The third-order valence-electron chi connectivity index (χ3n) is 2.27. The average molecular weight is 241 g/mol. The predicted molar refractivity (Wildman–Crippen MR) is 62.8 cm³/mol. The highest BCUT2D eigenvalue weighted by Crippen LogP contribution is 2.17. The molecule has 4 nitrogen and oxygen atoms in total. The molecule has 5 heteroatoms. The van der Waals surface area contributed by atoms with Crippen LogP contribution in [0.3, 0.4) is 0 Å². The number of aryl methyl sites for hydroxylation is 1. The Morgan fingerprint density at radius 2 is 2.12 bits per heavy atom. The van der Waals surface area contributed by atoms with Crippen molar-refractivity contribution >= 4 is 23.2 Å². The van der Waals surface area contributed by atoms with Gasteiger partial charge in [-0.05, 0) is 19.1 Å². The van der Waals surface area contributed by atoms with E-state index in [2.05, 4.69) is 0 Å². The van der Waals surface area contributed by atoms with Gasteiger partial charge in [-0.3, -0.25) is 9.59 Å². The molecule has 1 amide bonds. The van der Waals surface area contributed by atoms with Crippen LogP contribution in [0.4, 0.5) is 0 Å². The number of amides is 1. The first-order valence-electron chi connectivity index (χ1n) is 4.96. The Balaban J connectivity index is 2.64. The van der Waals surface area contributed by atoms with Gasteiger partial charge in [-0.2, -0.15) is 0 Å². The molecule has 0 fully saturated rings. The van der Waals surface area contributed by atoms with Crippen LogP contribution in [-0.2, 0) is 4.79 Å². The molecule has 1 heterocycles. The highest BCUT2D eigenvalue weighted by Gasteiger charge is 2.19. The van der Waals surface area contributed by atoms with E-state index in [1.807, 2.05) is 13.0 Å². The van der Waals surface area contributed by atoms with E-state index in [-0.39, 0.29) is 12.5 Å². The Hall–Kier alpha value is -1.36. The number of thiophene rings is 1. The maximum atomic E-state index is 11.9. The van der Waals surface area contributed by atoms with Crippen LogP contribution in [0.25, 0.3) is 0 Å². The molecule has 1 rings (SSSR count). The minimum Gasteiger partial charge on any atom is -0.481 e. The molecule has 1 atom stereocenters. The Kier molecular flexibility index (Phi) is 4.06. The van der Waals surface area contributed by atoms with Crippen molar-refractivity contribution in [3.05, 3.63) is 21.9 Å². The lowest BCUT2D eigenvalue weighted by Crippen LogP contribution is -2.33. The van der Waals surface area contributed by atoms with Crippen LogP contribution in [0.15, 0.2) is 12.1 Å². The highest BCUT2D eigenvalue weighted by molar-refractivity contribution is 7.13. The van der Waals surface area contributed by atoms with E-state index >= 15 is 0 Å². The molecule has 16 heavy (non-hydrogen) atoms. The zero-order valence-electron chi connectivity index (χ0n) is 9.56. The Morgan fingerprint density at radius 1 is 1.50 bits per heavy atom. The number of nitrogens with zero attached hydrogens (tertiary/aromatic N) is 1. The normalized spacial score (nSPS) is 12.2. The number of carboxylic acids is 1. The van der Waals surface area contributed by atoms with Crippen molar-refractivity contribution in [1.29, 1.82) is 0 Å². The van der Waals surface area contributed by atoms with Crippen LogP contribution in [0.2, 0.25) is 0 Å². The molecule has 0 saturated carbocycles. The second kappa shape index (κ2) is 5.12. The van der Waals surface area contributed by atoms with Crippen LogP contribution >= 0.6 is 11.3 Å². The third-order valence-corrected chi connectivity index (χ3v) is 3.26. The number of hydrogen-bond acceptors (Lipinski definition) is 3. The van der Waals surface area contributed by atoms with Gasteiger partial charge in [0, 0.05) is 18.5 Å². The number of hydrogen-bond donors (Lipinski definition) is 1. The molecule has 1 N–H and O–H groups in total. The molecule has 1 aromatic rings. The van der Waals surface area contributed by atoms with Crippen molar-refractivity contribution in [3.8, 4) is 0 Å². The van der Waals surface area contributed by atoms with Crippen molar-refractivity contribution < 1.29 is 14.7 Å². The molecule has 0 aliphatic rings. The summed E-state index contributed by atoms with van der Waals surface area (Å²) in [4.78, 5) is 25.7. The van der Waals surface area contributed by atoms with Gasteiger partial charge in [0.1, 0.15) is 0 Å². The van der Waals surface area contributed by atoms with Gasteiger partial charge in [0.2, 0.25) is 0 Å². The Morgan fingerprint density at radius 3 is 2.56 bits per heavy atom. The smallest absolute Gasteiger partial charge is 0.308 e. The van der Waals surface area contributed by atoms with E-state index in [0.29, 0.717) is 4.88 Å². The first-order valence-corrected chi connectivity index (χ1v) is 5.78. The summed E-state index contributed by atoms with van der Waals surface area (Å²) in [5.74, 6) is -1.55. The molecule has 0 bridgehead atoms. The molecule has 0 saturated heterocycles. The lowest BCUT2D eigenvalue weighted by Gasteiger charge is -2.18. The second-order valence-electron chi connectivity index (χ2n) is 3.84. The summed E-state index contributed by atoms with van der Waals surface area (Å²) < 4.78 is 0. The number of carbonyl (C=O) groups is 2. The number of carboxylic acid groups (broad SMARTS) is 1. The highest BCUT2D eigenvalue weighted by atomic mass is 32.1. The first-order chi connectivity index (χ1) is 7.41. The van der Waals surface area contributed by atoms with Crippen molar-refractivity contribution in [2.24, 2.45) is 5.92 Å². The van der Waals surface area contributed by atoms with E-state index in [1.54, 1.807) is 20.0 Å². The van der Waals surface area contributed by atoms with Crippen molar-refractivity contribution in [2.75, 3.05) is 13.6 Å². The monoisotopic (exact) mass is 241 g/mol. The van der Waals surface area contributed by atoms with Crippen molar-refractivity contribution in [1.82, 2.24) is 4.90 Å². The van der Waals surface area contributed by atoms with Crippen LogP contribution in [0, 0.1) is 12.8 Å². The summed E-state index contributed by atoms with van der Waals surface area (Å²) in [7, 11) is 1.62. The molecule has 0 radical (unpaired) electrons. The first kappa shape index (κ1) is 12.7. The quantitative estimate of drug-likeness (QED) is 0.875. The minimum absolute atomic E-state index is 0.119. The molecule has 0 aliphatic heterocycles. The van der Waals surface area contributed by atoms with E-state index in [9.17, 15) is 9.59 Å². The number of rotatable bonds is 4. The molecule has 0 spiro atoms. The van der Waals surface area contributed by atoms with Gasteiger partial charge in [0.05, 0.1) is 10.8 Å². The van der Waals surface area contributed by atoms with E-state index in [4.69, 9.17) is 5.11 Å². The topological polar surface area (TPSA) is 57.6 Å². The molecule has 0 aromatic carbocycles. The molecule has 88 valence electrons. The fraction of sp³-hybridized carbons (Fsp3) is 0.455. The van der Waals surface area contributed by atoms with Gasteiger partial charge in [-0.15, -0.1) is 11.3 Å². The Labute approximate surface area is 98.5 Å². The molecular weight excluding hydrogens is 226 g/mol. The summed E-state index contributed by atoms with van der Waals surface area (Å²) in [5.41, 5.74) is 0. The van der Waals surface area contributed by atoms with E-state index < -0.39 is 11.9 Å². The van der Waals surface area contributed by atoms with Crippen LogP contribution < -0.4 is 0 Å². The maximum absolute atomic E-state index is 11.9. The fourth-order valence-corrected chi connectivity index (χ4v) is 2.17. The number of aliphatic carboxylic acids is 1. The standard InChI is InChI=1S/C11H15NO3S/c1-7(11(14)15)6-12(3)10(13)9-5-4-8(2)16-9/h4-5,7H,6H2,1-3H3,(H,14,15). The third kappa shape index (κ3) is 3.06. The second-order valence-corrected chi connectivity index (χ2v) is 5.12. The van der Waals surface area contributed by atoms with Crippen LogP contribution in [0.1, 0.15) is 21.5 Å².